The lowest BCUT2D eigenvalue weighted by atomic mass is 10.2. The summed E-state index contributed by atoms with van der Waals surface area (Å²) in [5.41, 5.74) is 0.679. The molecule has 29 heavy (non-hydrogen) atoms. The van der Waals surface area contributed by atoms with Crippen molar-refractivity contribution in [2.45, 2.75) is 19.9 Å². The van der Waals surface area contributed by atoms with Gasteiger partial charge in [-0.1, -0.05) is 0 Å². The van der Waals surface area contributed by atoms with Gasteiger partial charge in [0.1, 0.15) is 11.8 Å². The van der Waals surface area contributed by atoms with Crippen molar-refractivity contribution in [3.8, 4) is 5.75 Å². The van der Waals surface area contributed by atoms with Crippen molar-refractivity contribution in [2.24, 2.45) is 0 Å². The standard InChI is InChI=1S/C18H17I2NO7S/c1-4-27-17(24)9(2)21-16(23)13(29-18(21)25)7-10-5-11(19)15(12(20)6-10)28-8-14(22)26-3/h5-7,9H,4,8H2,1-3H3/b13-7+/t9-/m0/s1. The topological polar surface area (TPSA) is 99.2 Å². The number of hydrogen-bond acceptors (Lipinski definition) is 8. The third-order valence-corrected chi connectivity index (χ3v) is 6.21. The van der Waals surface area contributed by atoms with E-state index in [0.717, 1.165) is 23.8 Å². The number of methoxy groups -OCH3 is 1. The van der Waals surface area contributed by atoms with Crippen molar-refractivity contribution >= 4 is 86.1 Å². The van der Waals surface area contributed by atoms with E-state index in [0.29, 0.717) is 11.3 Å². The molecule has 2 amide bonds. The average molecular weight is 645 g/mol. The highest BCUT2D eigenvalue weighted by molar-refractivity contribution is 14.1. The summed E-state index contributed by atoms with van der Waals surface area (Å²) in [6.07, 6.45) is 1.58. The summed E-state index contributed by atoms with van der Waals surface area (Å²) in [7, 11) is 1.28. The molecule has 1 fully saturated rings. The summed E-state index contributed by atoms with van der Waals surface area (Å²) in [6, 6.07) is 2.53. The molecule has 1 atom stereocenters. The molecule has 1 aliphatic heterocycles. The van der Waals surface area contributed by atoms with E-state index in [9.17, 15) is 19.2 Å². The van der Waals surface area contributed by atoms with Gasteiger partial charge in [0.25, 0.3) is 11.1 Å². The third-order valence-electron chi connectivity index (χ3n) is 3.72. The minimum atomic E-state index is -0.997. The van der Waals surface area contributed by atoms with Crippen LogP contribution in [0.4, 0.5) is 4.79 Å². The van der Waals surface area contributed by atoms with Crippen molar-refractivity contribution in [2.75, 3.05) is 20.3 Å². The van der Waals surface area contributed by atoms with E-state index in [1.165, 1.54) is 14.0 Å². The largest absolute Gasteiger partial charge is 0.480 e. The van der Waals surface area contributed by atoms with Gasteiger partial charge < -0.3 is 14.2 Å². The normalized spacial score (nSPS) is 16.2. The molecule has 8 nitrogen and oxygen atoms in total. The van der Waals surface area contributed by atoms with E-state index in [2.05, 4.69) is 49.9 Å². The second kappa shape index (κ2) is 10.6. The Morgan fingerprint density at radius 3 is 2.41 bits per heavy atom. The van der Waals surface area contributed by atoms with Gasteiger partial charge in [-0.05, 0) is 94.6 Å². The van der Waals surface area contributed by atoms with E-state index in [1.54, 1.807) is 25.1 Å². The van der Waals surface area contributed by atoms with Gasteiger partial charge >= 0.3 is 11.9 Å². The monoisotopic (exact) mass is 645 g/mol. The van der Waals surface area contributed by atoms with Crippen molar-refractivity contribution in [3.63, 3.8) is 0 Å². The van der Waals surface area contributed by atoms with E-state index in [-0.39, 0.29) is 18.1 Å². The first-order chi connectivity index (χ1) is 13.7. The van der Waals surface area contributed by atoms with Crippen molar-refractivity contribution in [3.05, 3.63) is 29.7 Å². The third kappa shape index (κ3) is 5.84. The number of carbonyl (C=O) groups excluding carboxylic acids is 4. The van der Waals surface area contributed by atoms with Gasteiger partial charge in [0.15, 0.2) is 6.61 Å². The fourth-order valence-corrected chi connectivity index (χ4v) is 5.36. The lowest BCUT2D eigenvalue weighted by Crippen LogP contribution is -2.42. The first kappa shape index (κ1) is 23.9. The zero-order valence-electron chi connectivity index (χ0n) is 15.7. The Balaban J connectivity index is 2.24. The summed E-state index contributed by atoms with van der Waals surface area (Å²) in [5, 5.41) is -0.524. The maximum Gasteiger partial charge on any atom is 0.343 e. The van der Waals surface area contributed by atoms with Crippen LogP contribution in [0.2, 0.25) is 0 Å². The lowest BCUT2D eigenvalue weighted by molar-refractivity contribution is -0.150. The van der Waals surface area contributed by atoms with Crippen molar-refractivity contribution in [1.29, 1.82) is 0 Å². The van der Waals surface area contributed by atoms with Crippen LogP contribution in [0.5, 0.6) is 5.75 Å². The number of thioether (sulfide) groups is 1. The van der Waals surface area contributed by atoms with Gasteiger partial charge in [0, 0.05) is 0 Å². The Hall–Kier alpha value is -1.35. The highest BCUT2D eigenvalue weighted by Gasteiger charge is 2.41. The van der Waals surface area contributed by atoms with Gasteiger partial charge in [-0.2, -0.15) is 0 Å². The van der Waals surface area contributed by atoms with E-state index < -0.39 is 29.1 Å². The molecule has 1 aromatic rings. The van der Waals surface area contributed by atoms with Crippen molar-refractivity contribution in [1.82, 2.24) is 4.90 Å². The molecule has 0 saturated carbocycles. The Labute approximate surface area is 199 Å². The molecule has 156 valence electrons. The molecule has 1 aromatic carbocycles. The number of benzene rings is 1. The van der Waals surface area contributed by atoms with Crippen LogP contribution in [0.1, 0.15) is 19.4 Å². The number of carbonyl (C=O) groups is 4. The molecule has 0 radical (unpaired) electrons. The Kier molecular flexibility index (Phi) is 8.75. The second-order valence-corrected chi connectivity index (χ2v) is 8.98. The summed E-state index contributed by atoms with van der Waals surface area (Å²) in [4.78, 5) is 49.2. The van der Waals surface area contributed by atoms with Crippen LogP contribution in [-0.4, -0.2) is 54.4 Å². The number of nitrogens with zero attached hydrogens (tertiary/aromatic N) is 1. The molecule has 0 N–H and O–H groups in total. The van der Waals surface area contributed by atoms with E-state index in [1.807, 2.05) is 0 Å². The summed E-state index contributed by atoms with van der Waals surface area (Å²) in [5.74, 6) is -1.15. The predicted octanol–water partition coefficient (Wildman–Crippen LogP) is 3.44. The van der Waals surface area contributed by atoms with Crippen LogP contribution in [0, 0.1) is 7.14 Å². The highest BCUT2D eigenvalue weighted by Crippen LogP contribution is 2.35. The molecule has 0 aliphatic carbocycles. The quantitative estimate of drug-likeness (QED) is 0.253. The Morgan fingerprint density at radius 1 is 1.24 bits per heavy atom. The van der Waals surface area contributed by atoms with Crippen molar-refractivity contribution < 1.29 is 33.4 Å². The first-order valence-corrected chi connectivity index (χ1v) is 11.3. The number of rotatable bonds is 7. The highest BCUT2D eigenvalue weighted by atomic mass is 127. The maximum atomic E-state index is 12.6. The fourth-order valence-electron chi connectivity index (χ4n) is 2.32. The van der Waals surface area contributed by atoms with Gasteiger partial charge in [0.2, 0.25) is 0 Å². The molecule has 11 heteroatoms. The molecular weight excluding hydrogens is 628 g/mol. The van der Waals surface area contributed by atoms with Gasteiger partial charge in [-0.25, -0.2) is 9.59 Å². The molecule has 1 heterocycles. The fraction of sp³-hybridized carbons (Fsp3) is 0.333. The summed E-state index contributed by atoms with van der Waals surface area (Å²) >= 11 is 4.88. The first-order valence-electron chi connectivity index (χ1n) is 8.31. The second-order valence-electron chi connectivity index (χ2n) is 5.66. The molecule has 0 spiro atoms. The van der Waals surface area contributed by atoms with Gasteiger partial charge in [-0.15, -0.1) is 0 Å². The predicted molar refractivity (Wildman–Crippen MR) is 123 cm³/mol. The number of hydrogen-bond donors (Lipinski definition) is 0. The molecule has 2 rings (SSSR count). The Bertz CT molecular complexity index is 864. The summed E-state index contributed by atoms with van der Waals surface area (Å²) in [6.45, 7) is 3.06. The van der Waals surface area contributed by atoms with Crippen LogP contribution < -0.4 is 4.74 Å². The molecule has 1 aliphatic rings. The van der Waals surface area contributed by atoms with Gasteiger partial charge in [0.05, 0.1) is 25.8 Å². The maximum absolute atomic E-state index is 12.6. The molecule has 0 bridgehead atoms. The molecular formula is C18H17I2NO7S. The molecule has 0 aromatic heterocycles. The molecule has 0 unspecified atom stereocenters. The van der Waals surface area contributed by atoms with Gasteiger partial charge in [-0.3, -0.25) is 14.5 Å². The number of amides is 2. The number of esters is 2. The lowest BCUT2D eigenvalue weighted by Gasteiger charge is -2.19. The van der Waals surface area contributed by atoms with Crippen LogP contribution in [0.15, 0.2) is 17.0 Å². The number of ether oxygens (including phenoxy) is 3. The summed E-state index contributed by atoms with van der Waals surface area (Å²) < 4.78 is 16.4. The van der Waals surface area contributed by atoms with Crippen LogP contribution >= 0.6 is 56.9 Å². The van der Waals surface area contributed by atoms with E-state index in [4.69, 9.17) is 9.47 Å². The zero-order valence-corrected chi connectivity index (χ0v) is 20.8. The minimum Gasteiger partial charge on any atom is -0.480 e. The number of halogens is 2. The molecule has 1 saturated heterocycles. The Morgan fingerprint density at radius 2 is 1.86 bits per heavy atom. The zero-order chi connectivity index (χ0) is 21.7. The average Bonchev–Trinajstić information content (AvgIpc) is 2.93. The van der Waals surface area contributed by atoms with E-state index >= 15 is 0 Å². The minimum absolute atomic E-state index is 0.163. The number of imide groups is 1. The van der Waals surface area contributed by atoms with Crippen LogP contribution in [0.3, 0.4) is 0 Å². The van der Waals surface area contributed by atoms with Crippen LogP contribution in [-0.2, 0) is 23.9 Å². The van der Waals surface area contributed by atoms with Crippen LogP contribution in [0.25, 0.3) is 6.08 Å². The SMILES string of the molecule is CCOC(=O)[C@H](C)N1C(=O)S/C(=C/c2cc(I)c(OCC(=O)OC)c(I)c2)C1=O. The smallest absolute Gasteiger partial charge is 0.343 e.